The highest BCUT2D eigenvalue weighted by Crippen LogP contribution is 2.25. The van der Waals surface area contributed by atoms with E-state index in [1.807, 2.05) is 0 Å². The second-order valence-electron chi connectivity index (χ2n) is 4.98. The molecule has 0 amide bonds. The van der Waals surface area contributed by atoms with E-state index in [0.717, 1.165) is 50.5 Å². The van der Waals surface area contributed by atoms with E-state index in [4.69, 9.17) is 4.74 Å². The third-order valence-corrected chi connectivity index (χ3v) is 3.70. The molecule has 5 heteroatoms. The van der Waals surface area contributed by atoms with Crippen molar-refractivity contribution in [3.63, 3.8) is 0 Å². The highest BCUT2D eigenvalue weighted by Gasteiger charge is 2.25. The van der Waals surface area contributed by atoms with Crippen LogP contribution in [-0.2, 0) is 17.7 Å². The van der Waals surface area contributed by atoms with Gasteiger partial charge in [0.1, 0.15) is 11.9 Å². The monoisotopic (exact) mass is 237 g/mol. The van der Waals surface area contributed by atoms with Crippen molar-refractivity contribution in [3.05, 3.63) is 11.6 Å². The molecule has 0 aliphatic carbocycles. The molecule has 2 unspecified atom stereocenters. The lowest BCUT2D eigenvalue weighted by molar-refractivity contribution is 0.0148. The van der Waals surface area contributed by atoms with E-state index in [2.05, 4.69) is 14.8 Å². The lowest BCUT2D eigenvalue weighted by Crippen LogP contribution is -2.24. The van der Waals surface area contributed by atoms with Crippen LogP contribution in [0.3, 0.4) is 0 Å². The molecule has 1 aromatic rings. The van der Waals surface area contributed by atoms with Crippen LogP contribution >= 0.6 is 0 Å². The standard InChI is InChI=1S/C12H19N3O2/c16-10-5-3-6-15-11(13-14-12(10)15)8-9-4-1-2-7-17-9/h9-10,16H,1-8H2. The fourth-order valence-electron chi connectivity index (χ4n) is 2.73. The fourth-order valence-corrected chi connectivity index (χ4v) is 2.73. The molecule has 17 heavy (non-hydrogen) atoms. The second-order valence-corrected chi connectivity index (χ2v) is 4.98. The van der Waals surface area contributed by atoms with Gasteiger partial charge in [-0.3, -0.25) is 0 Å². The number of aliphatic hydroxyl groups is 1. The number of aliphatic hydroxyl groups excluding tert-OH is 1. The minimum Gasteiger partial charge on any atom is -0.385 e. The predicted octanol–water partition coefficient (Wildman–Crippen LogP) is 1.22. The number of rotatable bonds is 2. The summed E-state index contributed by atoms with van der Waals surface area (Å²) in [5.74, 6) is 1.72. The molecule has 0 bridgehead atoms. The van der Waals surface area contributed by atoms with Crippen molar-refractivity contribution in [2.24, 2.45) is 0 Å². The maximum absolute atomic E-state index is 9.83. The third-order valence-electron chi connectivity index (χ3n) is 3.70. The highest BCUT2D eigenvalue weighted by atomic mass is 16.5. The van der Waals surface area contributed by atoms with E-state index >= 15 is 0 Å². The Labute approximate surface area is 101 Å². The van der Waals surface area contributed by atoms with Gasteiger partial charge in [-0.1, -0.05) is 0 Å². The van der Waals surface area contributed by atoms with Crippen molar-refractivity contribution >= 4 is 0 Å². The Morgan fingerprint density at radius 3 is 3.00 bits per heavy atom. The number of hydrogen-bond donors (Lipinski definition) is 1. The lowest BCUT2D eigenvalue weighted by Gasteiger charge is -2.24. The number of fused-ring (bicyclic) bond motifs is 1. The second kappa shape index (κ2) is 4.74. The first-order valence-electron chi connectivity index (χ1n) is 6.56. The molecule has 5 nitrogen and oxygen atoms in total. The van der Waals surface area contributed by atoms with E-state index in [-0.39, 0.29) is 6.10 Å². The van der Waals surface area contributed by atoms with Gasteiger partial charge in [-0.25, -0.2) is 0 Å². The van der Waals surface area contributed by atoms with Gasteiger partial charge in [0.05, 0.1) is 6.10 Å². The minimum atomic E-state index is -0.433. The fraction of sp³-hybridized carbons (Fsp3) is 0.833. The Balaban J connectivity index is 1.74. The van der Waals surface area contributed by atoms with Crippen molar-refractivity contribution < 1.29 is 9.84 Å². The summed E-state index contributed by atoms with van der Waals surface area (Å²) < 4.78 is 7.80. The summed E-state index contributed by atoms with van der Waals surface area (Å²) in [6.45, 7) is 1.80. The topological polar surface area (TPSA) is 60.2 Å². The number of ether oxygens (including phenoxy) is 1. The van der Waals surface area contributed by atoms with E-state index in [0.29, 0.717) is 0 Å². The van der Waals surface area contributed by atoms with Gasteiger partial charge in [0.15, 0.2) is 5.82 Å². The van der Waals surface area contributed by atoms with Gasteiger partial charge < -0.3 is 14.4 Å². The third kappa shape index (κ3) is 2.21. The zero-order valence-corrected chi connectivity index (χ0v) is 10.0. The Morgan fingerprint density at radius 1 is 1.24 bits per heavy atom. The average molecular weight is 237 g/mol. The van der Waals surface area contributed by atoms with E-state index in [1.54, 1.807) is 0 Å². The first-order chi connectivity index (χ1) is 8.34. The van der Waals surface area contributed by atoms with Gasteiger partial charge in [0.25, 0.3) is 0 Å². The van der Waals surface area contributed by atoms with Crippen LogP contribution in [0, 0.1) is 0 Å². The van der Waals surface area contributed by atoms with E-state index in [9.17, 15) is 5.11 Å². The van der Waals surface area contributed by atoms with Crippen molar-refractivity contribution in [1.29, 1.82) is 0 Å². The molecule has 2 aliphatic heterocycles. The molecular weight excluding hydrogens is 218 g/mol. The molecule has 1 N–H and O–H groups in total. The maximum Gasteiger partial charge on any atom is 0.161 e. The Morgan fingerprint density at radius 2 is 2.18 bits per heavy atom. The molecule has 0 saturated carbocycles. The van der Waals surface area contributed by atoms with Gasteiger partial charge in [-0.2, -0.15) is 0 Å². The SMILES string of the molecule is OC1CCCn2c(CC3CCCCO3)nnc21. The molecule has 3 heterocycles. The van der Waals surface area contributed by atoms with Crippen LogP contribution in [0.4, 0.5) is 0 Å². The lowest BCUT2D eigenvalue weighted by atomic mass is 10.1. The minimum absolute atomic E-state index is 0.288. The van der Waals surface area contributed by atoms with Crippen molar-refractivity contribution in [3.8, 4) is 0 Å². The van der Waals surface area contributed by atoms with Gasteiger partial charge in [0.2, 0.25) is 0 Å². The Bertz CT molecular complexity index is 385. The van der Waals surface area contributed by atoms with Crippen LogP contribution in [0.1, 0.15) is 49.9 Å². The van der Waals surface area contributed by atoms with Crippen LogP contribution in [0.2, 0.25) is 0 Å². The largest absolute Gasteiger partial charge is 0.385 e. The summed E-state index contributed by atoms with van der Waals surface area (Å²) in [4.78, 5) is 0. The molecule has 1 saturated heterocycles. The summed E-state index contributed by atoms with van der Waals surface area (Å²) in [6, 6.07) is 0. The average Bonchev–Trinajstić information content (AvgIpc) is 2.76. The maximum atomic E-state index is 9.83. The summed E-state index contributed by atoms with van der Waals surface area (Å²) in [6.07, 6.45) is 6.03. The number of hydrogen-bond acceptors (Lipinski definition) is 4. The zero-order chi connectivity index (χ0) is 11.7. The van der Waals surface area contributed by atoms with Gasteiger partial charge >= 0.3 is 0 Å². The number of aromatic nitrogens is 3. The molecule has 0 aromatic carbocycles. The highest BCUT2D eigenvalue weighted by molar-refractivity contribution is 5.03. The Hall–Kier alpha value is -0.940. The van der Waals surface area contributed by atoms with Crippen molar-refractivity contribution in [1.82, 2.24) is 14.8 Å². The first-order valence-corrected chi connectivity index (χ1v) is 6.56. The number of nitrogens with zero attached hydrogens (tertiary/aromatic N) is 3. The van der Waals surface area contributed by atoms with E-state index < -0.39 is 6.10 Å². The molecule has 2 atom stereocenters. The van der Waals surface area contributed by atoms with Gasteiger partial charge in [-0.15, -0.1) is 10.2 Å². The predicted molar refractivity (Wildman–Crippen MR) is 61.5 cm³/mol. The van der Waals surface area contributed by atoms with Crippen LogP contribution in [0.15, 0.2) is 0 Å². The first kappa shape index (κ1) is 11.2. The zero-order valence-electron chi connectivity index (χ0n) is 10.0. The molecule has 1 aromatic heterocycles. The van der Waals surface area contributed by atoms with Crippen molar-refractivity contribution in [2.75, 3.05) is 6.61 Å². The van der Waals surface area contributed by atoms with Gasteiger partial charge in [-0.05, 0) is 32.1 Å². The molecule has 0 spiro atoms. The molecule has 3 rings (SSSR count). The molecule has 2 aliphatic rings. The van der Waals surface area contributed by atoms with E-state index in [1.165, 1.54) is 12.8 Å². The summed E-state index contributed by atoms with van der Waals surface area (Å²) in [5, 5.41) is 18.2. The summed E-state index contributed by atoms with van der Waals surface area (Å²) in [5.41, 5.74) is 0. The van der Waals surface area contributed by atoms with Crippen LogP contribution in [0.5, 0.6) is 0 Å². The normalized spacial score (nSPS) is 29.0. The molecule has 94 valence electrons. The molecule has 0 radical (unpaired) electrons. The van der Waals surface area contributed by atoms with Crippen LogP contribution in [-0.4, -0.2) is 32.6 Å². The molecular formula is C12H19N3O2. The van der Waals surface area contributed by atoms with Crippen molar-refractivity contribution in [2.45, 2.75) is 57.3 Å². The smallest absolute Gasteiger partial charge is 0.161 e. The van der Waals surface area contributed by atoms with Crippen LogP contribution < -0.4 is 0 Å². The summed E-state index contributed by atoms with van der Waals surface area (Å²) >= 11 is 0. The van der Waals surface area contributed by atoms with Crippen LogP contribution in [0.25, 0.3) is 0 Å². The van der Waals surface area contributed by atoms with Gasteiger partial charge in [0, 0.05) is 19.6 Å². The summed E-state index contributed by atoms with van der Waals surface area (Å²) in [7, 11) is 0. The molecule has 1 fully saturated rings. The Kier molecular flexibility index (Phi) is 3.11. The quantitative estimate of drug-likeness (QED) is 0.840.